The Bertz CT molecular complexity index is 477. The van der Waals surface area contributed by atoms with Crippen molar-refractivity contribution < 1.29 is 18.3 Å². The summed E-state index contributed by atoms with van der Waals surface area (Å²) in [5.74, 6) is 0.347. The van der Waals surface area contributed by atoms with Gasteiger partial charge in [0.25, 0.3) is 6.43 Å². The van der Waals surface area contributed by atoms with Crippen LogP contribution in [0.15, 0.2) is 23.2 Å². The molecule has 0 unspecified atom stereocenters. The SMILES string of the molecule is COc1cc(C(F)F)ccc1C1(N=C=O)CC1. The van der Waals surface area contributed by atoms with Gasteiger partial charge in [-0.25, -0.2) is 13.6 Å². The Kier molecular flexibility index (Phi) is 2.94. The van der Waals surface area contributed by atoms with E-state index in [1.165, 1.54) is 25.3 Å². The predicted octanol–water partition coefficient (Wildman–Crippen LogP) is 2.96. The van der Waals surface area contributed by atoms with E-state index in [1.807, 2.05) is 0 Å². The molecule has 0 N–H and O–H groups in total. The zero-order chi connectivity index (χ0) is 12.5. The van der Waals surface area contributed by atoms with Crippen LogP contribution in [0.2, 0.25) is 0 Å². The van der Waals surface area contributed by atoms with Crippen molar-refractivity contribution in [3.8, 4) is 5.75 Å². The van der Waals surface area contributed by atoms with Crippen molar-refractivity contribution in [1.29, 1.82) is 0 Å². The van der Waals surface area contributed by atoms with Gasteiger partial charge in [-0.2, -0.15) is 4.99 Å². The van der Waals surface area contributed by atoms with E-state index >= 15 is 0 Å². The fraction of sp³-hybridized carbons (Fsp3) is 0.417. The monoisotopic (exact) mass is 239 g/mol. The zero-order valence-electron chi connectivity index (χ0n) is 9.24. The maximum Gasteiger partial charge on any atom is 0.263 e. The number of alkyl halides is 2. The number of hydrogen-bond acceptors (Lipinski definition) is 3. The summed E-state index contributed by atoms with van der Waals surface area (Å²) in [5, 5.41) is 0. The van der Waals surface area contributed by atoms with Crippen molar-refractivity contribution >= 4 is 6.08 Å². The molecule has 1 aliphatic carbocycles. The van der Waals surface area contributed by atoms with Crippen LogP contribution in [-0.2, 0) is 10.3 Å². The summed E-state index contributed by atoms with van der Waals surface area (Å²) in [6.45, 7) is 0. The summed E-state index contributed by atoms with van der Waals surface area (Å²) in [6.07, 6.45) is 0.420. The second kappa shape index (κ2) is 4.26. The molecule has 1 aromatic rings. The van der Waals surface area contributed by atoms with Gasteiger partial charge in [0.1, 0.15) is 11.3 Å². The van der Waals surface area contributed by atoms with Crippen molar-refractivity contribution in [2.45, 2.75) is 24.8 Å². The quantitative estimate of drug-likeness (QED) is 0.598. The number of isocyanates is 1. The highest BCUT2D eigenvalue weighted by Gasteiger charge is 2.46. The van der Waals surface area contributed by atoms with E-state index in [-0.39, 0.29) is 5.56 Å². The van der Waals surface area contributed by atoms with E-state index < -0.39 is 12.0 Å². The molecule has 2 rings (SSSR count). The summed E-state index contributed by atoms with van der Waals surface area (Å²) in [4.78, 5) is 14.1. The molecule has 1 aliphatic rings. The Labute approximate surface area is 97.1 Å². The van der Waals surface area contributed by atoms with E-state index in [2.05, 4.69) is 4.99 Å². The van der Waals surface area contributed by atoms with Gasteiger partial charge in [-0.05, 0) is 18.9 Å². The average Bonchev–Trinajstić information content (AvgIpc) is 3.09. The minimum absolute atomic E-state index is 0.100. The molecule has 0 heterocycles. The molecule has 90 valence electrons. The van der Waals surface area contributed by atoms with E-state index in [1.54, 1.807) is 6.07 Å². The van der Waals surface area contributed by atoms with Gasteiger partial charge in [0.2, 0.25) is 6.08 Å². The first-order chi connectivity index (χ1) is 8.13. The Hall–Kier alpha value is -1.74. The first-order valence-electron chi connectivity index (χ1n) is 5.18. The molecule has 0 radical (unpaired) electrons. The highest BCUT2D eigenvalue weighted by Crippen LogP contribution is 2.52. The molecule has 1 aromatic carbocycles. The number of benzene rings is 1. The molecule has 0 aliphatic heterocycles. The molecule has 0 bridgehead atoms. The number of rotatable bonds is 4. The number of hydrogen-bond donors (Lipinski definition) is 0. The van der Waals surface area contributed by atoms with Crippen LogP contribution in [0.3, 0.4) is 0 Å². The topological polar surface area (TPSA) is 38.7 Å². The molecule has 1 fully saturated rings. The van der Waals surface area contributed by atoms with Gasteiger partial charge >= 0.3 is 0 Å². The van der Waals surface area contributed by atoms with Gasteiger partial charge in [-0.1, -0.05) is 12.1 Å². The van der Waals surface area contributed by atoms with Crippen molar-refractivity contribution in [3.63, 3.8) is 0 Å². The highest BCUT2D eigenvalue weighted by atomic mass is 19.3. The molecule has 0 atom stereocenters. The van der Waals surface area contributed by atoms with Gasteiger partial charge in [0.05, 0.1) is 7.11 Å². The van der Waals surface area contributed by atoms with Crippen molar-refractivity contribution in [1.82, 2.24) is 0 Å². The molecular weight excluding hydrogens is 228 g/mol. The van der Waals surface area contributed by atoms with Crippen molar-refractivity contribution in [3.05, 3.63) is 29.3 Å². The van der Waals surface area contributed by atoms with Gasteiger partial charge < -0.3 is 4.74 Å². The van der Waals surface area contributed by atoms with Crippen LogP contribution < -0.4 is 4.74 Å². The standard InChI is InChI=1S/C12H11F2NO2/c1-17-10-6-8(11(13)14)2-3-9(10)12(4-5-12)15-7-16/h2-3,6,11H,4-5H2,1H3. The number of ether oxygens (including phenoxy) is 1. The molecule has 0 amide bonds. The number of halogens is 2. The summed E-state index contributed by atoms with van der Waals surface area (Å²) in [6, 6.07) is 4.18. The van der Waals surface area contributed by atoms with Gasteiger partial charge in [-0.3, -0.25) is 0 Å². The molecule has 1 saturated carbocycles. The van der Waals surface area contributed by atoms with Crippen LogP contribution in [0.4, 0.5) is 8.78 Å². The second-order valence-electron chi connectivity index (χ2n) is 4.00. The fourth-order valence-electron chi connectivity index (χ4n) is 1.88. The summed E-state index contributed by atoms with van der Waals surface area (Å²) < 4.78 is 30.2. The first kappa shape index (κ1) is 11.7. The summed E-state index contributed by atoms with van der Waals surface area (Å²) in [5.41, 5.74) is -0.0301. The predicted molar refractivity (Wildman–Crippen MR) is 57.0 cm³/mol. The molecule has 3 nitrogen and oxygen atoms in total. The minimum atomic E-state index is -2.54. The van der Waals surface area contributed by atoms with E-state index in [0.29, 0.717) is 24.2 Å². The number of methoxy groups -OCH3 is 1. The minimum Gasteiger partial charge on any atom is -0.496 e. The Morgan fingerprint density at radius 3 is 2.65 bits per heavy atom. The van der Waals surface area contributed by atoms with E-state index in [4.69, 9.17) is 4.74 Å². The van der Waals surface area contributed by atoms with Crippen LogP contribution in [-0.4, -0.2) is 13.2 Å². The second-order valence-corrected chi connectivity index (χ2v) is 4.00. The largest absolute Gasteiger partial charge is 0.496 e. The van der Waals surface area contributed by atoms with Crippen LogP contribution in [0.25, 0.3) is 0 Å². The maximum absolute atomic E-state index is 12.5. The Balaban J connectivity index is 2.45. The lowest BCUT2D eigenvalue weighted by Crippen LogP contribution is -2.05. The molecule has 0 saturated heterocycles. The third-order valence-electron chi connectivity index (χ3n) is 2.96. The lowest BCUT2D eigenvalue weighted by atomic mass is 10.0. The lowest BCUT2D eigenvalue weighted by Gasteiger charge is -2.14. The fourth-order valence-corrected chi connectivity index (χ4v) is 1.88. The maximum atomic E-state index is 12.5. The van der Waals surface area contributed by atoms with Crippen molar-refractivity contribution in [2.24, 2.45) is 4.99 Å². The van der Waals surface area contributed by atoms with Crippen LogP contribution >= 0.6 is 0 Å². The molecule has 17 heavy (non-hydrogen) atoms. The van der Waals surface area contributed by atoms with Gasteiger partial charge in [-0.15, -0.1) is 0 Å². The third-order valence-corrected chi connectivity index (χ3v) is 2.96. The first-order valence-corrected chi connectivity index (χ1v) is 5.18. The average molecular weight is 239 g/mol. The van der Waals surface area contributed by atoms with Crippen LogP contribution in [0, 0.1) is 0 Å². The smallest absolute Gasteiger partial charge is 0.263 e. The zero-order valence-corrected chi connectivity index (χ0v) is 9.24. The van der Waals surface area contributed by atoms with Gasteiger partial charge in [0, 0.05) is 11.1 Å². The normalized spacial score (nSPS) is 16.5. The summed E-state index contributed by atoms with van der Waals surface area (Å²) in [7, 11) is 1.41. The van der Waals surface area contributed by atoms with Gasteiger partial charge in [0.15, 0.2) is 0 Å². The molecule has 0 spiro atoms. The van der Waals surface area contributed by atoms with Crippen LogP contribution in [0.5, 0.6) is 5.75 Å². The molecule has 0 aromatic heterocycles. The third kappa shape index (κ3) is 2.06. The molecular formula is C12H11F2NO2. The Morgan fingerprint density at radius 1 is 1.47 bits per heavy atom. The number of nitrogens with zero attached hydrogens (tertiary/aromatic N) is 1. The highest BCUT2D eigenvalue weighted by molar-refractivity contribution is 5.48. The van der Waals surface area contributed by atoms with Crippen LogP contribution in [0.1, 0.15) is 30.4 Å². The van der Waals surface area contributed by atoms with Crippen molar-refractivity contribution in [2.75, 3.05) is 7.11 Å². The van der Waals surface area contributed by atoms with E-state index in [0.717, 1.165) is 0 Å². The van der Waals surface area contributed by atoms with E-state index in [9.17, 15) is 13.6 Å². The number of aliphatic imine (C=N–C) groups is 1. The Morgan fingerprint density at radius 2 is 2.18 bits per heavy atom. The summed E-state index contributed by atoms with van der Waals surface area (Å²) >= 11 is 0. The molecule has 5 heteroatoms. The lowest BCUT2D eigenvalue weighted by molar-refractivity contribution is 0.151. The number of carbonyl (C=O) groups excluding carboxylic acids is 1.